The molecular weight excluding hydrogens is 374 g/mol. The molecule has 0 bridgehead atoms. The average Bonchev–Trinajstić information content (AvgIpc) is 3.12. The van der Waals surface area contributed by atoms with Crippen molar-refractivity contribution in [2.75, 3.05) is 11.9 Å². The molecule has 0 spiro atoms. The highest BCUT2D eigenvalue weighted by Crippen LogP contribution is 2.30. The maximum Gasteiger partial charge on any atom is 0.270 e. The van der Waals surface area contributed by atoms with Gasteiger partial charge in [-0.05, 0) is 31.0 Å². The van der Waals surface area contributed by atoms with Crippen LogP contribution in [0.2, 0.25) is 0 Å². The van der Waals surface area contributed by atoms with E-state index in [2.05, 4.69) is 5.32 Å². The minimum atomic E-state index is -0.523. The number of hydrogen-bond acceptors (Lipinski definition) is 6. The lowest BCUT2D eigenvalue weighted by molar-refractivity contribution is -0.384. The summed E-state index contributed by atoms with van der Waals surface area (Å²) in [5.74, 6) is 0.291. The second kappa shape index (κ2) is 8.27. The van der Waals surface area contributed by atoms with E-state index in [4.69, 9.17) is 9.15 Å². The zero-order valence-corrected chi connectivity index (χ0v) is 15.8. The third-order valence-electron chi connectivity index (χ3n) is 4.36. The predicted octanol–water partition coefficient (Wildman–Crippen LogP) is 4.36. The molecule has 0 saturated carbocycles. The predicted molar refractivity (Wildman–Crippen MR) is 106 cm³/mol. The van der Waals surface area contributed by atoms with Crippen LogP contribution in [0.15, 0.2) is 52.9 Å². The number of rotatable bonds is 6. The highest BCUT2D eigenvalue weighted by molar-refractivity contribution is 5.92. The molecule has 1 amide bonds. The molecule has 0 aliphatic rings. The molecule has 3 aromatic rings. The van der Waals surface area contributed by atoms with Gasteiger partial charge in [0.05, 0.1) is 4.92 Å². The summed E-state index contributed by atoms with van der Waals surface area (Å²) in [5.41, 5.74) is 2.39. The number of carbonyl (C=O) groups is 1. The lowest BCUT2D eigenvalue weighted by Gasteiger charge is -2.10. The van der Waals surface area contributed by atoms with Crippen LogP contribution in [0.25, 0.3) is 11.3 Å². The number of hydrogen-bond donors (Lipinski definition) is 1. The van der Waals surface area contributed by atoms with Gasteiger partial charge >= 0.3 is 0 Å². The molecule has 1 aromatic heterocycles. The smallest absolute Gasteiger partial charge is 0.270 e. The van der Waals surface area contributed by atoms with Gasteiger partial charge < -0.3 is 9.15 Å². The van der Waals surface area contributed by atoms with E-state index in [1.54, 1.807) is 12.1 Å². The van der Waals surface area contributed by atoms with Gasteiger partial charge in [0.25, 0.3) is 11.6 Å². The maximum absolute atomic E-state index is 12.2. The number of benzene rings is 2. The summed E-state index contributed by atoms with van der Waals surface area (Å²) in [6, 6.07) is 14.7. The van der Waals surface area contributed by atoms with Gasteiger partial charge in [-0.25, -0.2) is 0 Å². The molecule has 29 heavy (non-hydrogen) atoms. The molecule has 0 fully saturated rings. The molecule has 1 N–H and O–H groups in total. The fraction of sp³-hybridized carbons (Fsp3) is 0.143. The Morgan fingerprint density at radius 3 is 2.72 bits per heavy atom. The number of non-ortho nitro benzene ring substituents is 1. The van der Waals surface area contributed by atoms with E-state index >= 15 is 0 Å². The molecule has 8 nitrogen and oxygen atoms in total. The Morgan fingerprint density at radius 2 is 2.00 bits per heavy atom. The van der Waals surface area contributed by atoms with E-state index in [-0.39, 0.29) is 29.5 Å². The van der Waals surface area contributed by atoms with Crippen molar-refractivity contribution in [1.82, 2.24) is 0 Å². The maximum atomic E-state index is 12.2. The topological polar surface area (TPSA) is 118 Å². The third kappa shape index (κ3) is 4.42. The number of nitrogens with zero attached hydrogens (tertiary/aromatic N) is 2. The summed E-state index contributed by atoms with van der Waals surface area (Å²) in [6.45, 7) is 3.58. The summed E-state index contributed by atoms with van der Waals surface area (Å²) in [4.78, 5) is 22.7. The van der Waals surface area contributed by atoms with Crippen molar-refractivity contribution in [2.45, 2.75) is 13.8 Å². The molecule has 0 atom stereocenters. The Bertz CT molecular complexity index is 1130. The summed E-state index contributed by atoms with van der Waals surface area (Å²) in [5, 5.41) is 22.8. The van der Waals surface area contributed by atoms with E-state index in [1.807, 2.05) is 32.0 Å². The number of amides is 1. The number of anilines is 1. The number of furan rings is 1. The van der Waals surface area contributed by atoms with Gasteiger partial charge in [-0.1, -0.05) is 24.3 Å². The van der Waals surface area contributed by atoms with Crippen LogP contribution in [0.4, 0.5) is 11.6 Å². The molecule has 3 rings (SSSR count). The largest absolute Gasteiger partial charge is 0.483 e. The molecule has 0 unspecified atom stereocenters. The van der Waals surface area contributed by atoms with Crippen molar-refractivity contribution >= 4 is 17.5 Å². The number of nitro groups is 1. The Labute approximate surface area is 166 Å². The molecule has 0 radical (unpaired) electrons. The van der Waals surface area contributed by atoms with Gasteiger partial charge in [-0.3, -0.25) is 20.2 Å². The normalized spacial score (nSPS) is 10.2. The highest BCUT2D eigenvalue weighted by atomic mass is 16.6. The standard InChI is InChI=1S/C21H17N3O5/c1-13-5-3-8-18(14(13)2)28-12-20(25)23-21-16(11-22)10-19(29-21)15-6-4-7-17(9-15)24(26)27/h3-10H,12H2,1-2H3,(H,23,25). The molecular formula is C21H17N3O5. The molecule has 8 heteroatoms. The fourth-order valence-electron chi connectivity index (χ4n) is 2.67. The van der Waals surface area contributed by atoms with Crippen LogP contribution in [0, 0.1) is 35.3 Å². The second-order valence-electron chi connectivity index (χ2n) is 6.31. The number of aryl methyl sites for hydroxylation is 1. The average molecular weight is 391 g/mol. The van der Waals surface area contributed by atoms with Gasteiger partial charge in [-0.2, -0.15) is 5.26 Å². The van der Waals surface area contributed by atoms with E-state index in [1.165, 1.54) is 24.3 Å². The first-order chi connectivity index (χ1) is 13.9. The molecule has 2 aromatic carbocycles. The summed E-state index contributed by atoms with van der Waals surface area (Å²) in [7, 11) is 0. The SMILES string of the molecule is Cc1cccc(OCC(=O)Nc2oc(-c3cccc([N+](=O)[O-])c3)cc2C#N)c1C. The molecule has 0 saturated heterocycles. The van der Waals surface area contributed by atoms with Crippen molar-refractivity contribution in [3.63, 3.8) is 0 Å². The zero-order valence-electron chi connectivity index (χ0n) is 15.8. The molecule has 0 aliphatic carbocycles. The Hall–Kier alpha value is -4.12. The van der Waals surface area contributed by atoms with Crippen molar-refractivity contribution in [2.24, 2.45) is 0 Å². The van der Waals surface area contributed by atoms with Gasteiger partial charge in [-0.15, -0.1) is 0 Å². The number of nitriles is 1. The summed E-state index contributed by atoms with van der Waals surface area (Å²) >= 11 is 0. The van der Waals surface area contributed by atoms with Gasteiger partial charge in [0, 0.05) is 23.8 Å². The lowest BCUT2D eigenvalue weighted by atomic mass is 10.1. The van der Waals surface area contributed by atoms with E-state index < -0.39 is 10.8 Å². The molecule has 146 valence electrons. The van der Waals surface area contributed by atoms with Crippen LogP contribution in [-0.2, 0) is 4.79 Å². The van der Waals surface area contributed by atoms with Gasteiger partial charge in [0.2, 0.25) is 5.88 Å². The van der Waals surface area contributed by atoms with Crippen LogP contribution >= 0.6 is 0 Å². The Balaban J connectivity index is 1.75. The minimum absolute atomic E-state index is 0.0384. The highest BCUT2D eigenvalue weighted by Gasteiger charge is 2.17. The lowest BCUT2D eigenvalue weighted by Crippen LogP contribution is -2.20. The van der Waals surface area contributed by atoms with E-state index in [0.29, 0.717) is 11.3 Å². The number of ether oxygens (including phenoxy) is 1. The van der Waals surface area contributed by atoms with Gasteiger partial charge in [0.1, 0.15) is 23.1 Å². The van der Waals surface area contributed by atoms with Crippen LogP contribution in [0.3, 0.4) is 0 Å². The monoisotopic (exact) mass is 391 g/mol. The van der Waals surface area contributed by atoms with E-state index in [9.17, 15) is 20.2 Å². The summed E-state index contributed by atoms with van der Waals surface area (Å²) in [6.07, 6.45) is 0. The Kier molecular flexibility index (Phi) is 5.60. The van der Waals surface area contributed by atoms with Crippen LogP contribution in [0.5, 0.6) is 5.75 Å². The summed E-state index contributed by atoms with van der Waals surface area (Å²) < 4.78 is 11.1. The van der Waals surface area contributed by atoms with Crippen molar-refractivity contribution in [1.29, 1.82) is 5.26 Å². The second-order valence-corrected chi connectivity index (χ2v) is 6.31. The molecule has 0 aliphatic heterocycles. The third-order valence-corrected chi connectivity index (χ3v) is 4.36. The first-order valence-corrected chi connectivity index (χ1v) is 8.66. The van der Waals surface area contributed by atoms with Crippen molar-refractivity contribution in [3.8, 4) is 23.1 Å². The van der Waals surface area contributed by atoms with Crippen molar-refractivity contribution < 1.29 is 18.9 Å². The first kappa shape index (κ1) is 19.6. The number of nitrogens with one attached hydrogen (secondary N) is 1. The first-order valence-electron chi connectivity index (χ1n) is 8.66. The number of nitro benzene ring substituents is 1. The molecule has 1 heterocycles. The van der Waals surface area contributed by atoms with Crippen LogP contribution in [-0.4, -0.2) is 17.4 Å². The quantitative estimate of drug-likeness (QED) is 0.492. The Morgan fingerprint density at radius 1 is 1.24 bits per heavy atom. The van der Waals surface area contributed by atoms with Crippen LogP contribution < -0.4 is 10.1 Å². The van der Waals surface area contributed by atoms with Gasteiger partial charge in [0.15, 0.2) is 6.61 Å². The van der Waals surface area contributed by atoms with Crippen molar-refractivity contribution in [3.05, 3.63) is 75.3 Å². The zero-order chi connectivity index (χ0) is 21.0. The minimum Gasteiger partial charge on any atom is -0.483 e. The van der Waals surface area contributed by atoms with E-state index in [0.717, 1.165) is 11.1 Å². The number of carbonyl (C=O) groups excluding carboxylic acids is 1. The van der Waals surface area contributed by atoms with Crippen LogP contribution in [0.1, 0.15) is 16.7 Å². The fourth-order valence-corrected chi connectivity index (χ4v) is 2.67.